The van der Waals surface area contributed by atoms with Gasteiger partial charge in [0.25, 0.3) is 5.91 Å². The minimum Gasteiger partial charge on any atom is -0.350 e. The van der Waals surface area contributed by atoms with Crippen molar-refractivity contribution in [2.24, 2.45) is 7.05 Å². The van der Waals surface area contributed by atoms with Crippen LogP contribution in [0.2, 0.25) is 0 Å². The van der Waals surface area contributed by atoms with Gasteiger partial charge in [0.05, 0.1) is 17.8 Å². The molecule has 1 unspecified atom stereocenters. The number of benzene rings is 1. The summed E-state index contributed by atoms with van der Waals surface area (Å²) in [4.78, 5) is 22.3. The Morgan fingerprint density at radius 3 is 2.56 bits per heavy atom. The van der Waals surface area contributed by atoms with Crippen LogP contribution < -0.4 is 5.32 Å². The van der Waals surface area contributed by atoms with Crippen LogP contribution in [0.1, 0.15) is 22.0 Å². The third-order valence-electron chi connectivity index (χ3n) is 4.30. The summed E-state index contributed by atoms with van der Waals surface area (Å²) in [6.07, 6.45) is 8.25. The summed E-state index contributed by atoms with van der Waals surface area (Å²) in [6, 6.07) is 4.41. The number of carbonyl (C=O) groups excluding carboxylic acids is 1. The Labute approximate surface area is 156 Å². The summed E-state index contributed by atoms with van der Waals surface area (Å²) < 4.78 is 16.2. The van der Waals surface area contributed by atoms with Crippen LogP contribution in [-0.4, -0.2) is 51.2 Å². The molecule has 2 heterocycles. The Morgan fingerprint density at radius 1 is 1.22 bits per heavy atom. The topological polar surface area (TPSA) is 75.9 Å². The van der Waals surface area contributed by atoms with E-state index in [4.69, 9.17) is 0 Å². The minimum absolute atomic E-state index is 0.000655. The van der Waals surface area contributed by atoms with Crippen molar-refractivity contribution in [3.05, 3.63) is 66.3 Å². The van der Waals surface area contributed by atoms with Gasteiger partial charge in [0.2, 0.25) is 0 Å². The SMILES string of the molecule is CN(C)C(CNC(=O)c1ccc(-c2cncnc2)cc1F)c1cnn(C)c1. The Hall–Kier alpha value is -3.13. The van der Waals surface area contributed by atoms with E-state index >= 15 is 0 Å². The fourth-order valence-electron chi connectivity index (χ4n) is 2.82. The van der Waals surface area contributed by atoms with Crippen molar-refractivity contribution in [1.82, 2.24) is 30.0 Å². The van der Waals surface area contributed by atoms with E-state index in [-0.39, 0.29) is 11.6 Å². The number of nitrogens with zero attached hydrogens (tertiary/aromatic N) is 5. The third kappa shape index (κ3) is 4.35. The smallest absolute Gasteiger partial charge is 0.254 e. The van der Waals surface area contributed by atoms with Gasteiger partial charge in [0.1, 0.15) is 12.1 Å². The molecule has 27 heavy (non-hydrogen) atoms. The molecule has 3 rings (SSSR count). The molecule has 0 aliphatic heterocycles. The molecule has 2 aromatic heterocycles. The average Bonchev–Trinajstić information content (AvgIpc) is 3.08. The normalized spacial score (nSPS) is 12.2. The predicted molar refractivity (Wildman–Crippen MR) is 99.4 cm³/mol. The molecule has 8 heteroatoms. The maximum absolute atomic E-state index is 14.5. The van der Waals surface area contributed by atoms with Gasteiger partial charge < -0.3 is 10.2 Å². The van der Waals surface area contributed by atoms with Crippen molar-refractivity contribution in [2.75, 3.05) is 20.6 Å². The number of halogens is 1. The zero-order chi connectivity index (χ0) is 19.4. The summed E-state index contributed by atoms with van der Waals surface area (Å²) >= 11 is 0. The lowest BCUT2D eigenvalue weighted by Crippen LogP contribution is -2.34. The zero-order valence-corrected chi connectivity index (χ0v) is 15.4. The molecular weight excluding hydrogens is 347 g/mol. The lowest BCUT2D eigenvalue weighted by Gasteiger charge is -2.23. The first-order valence-electron chi connectivity index (χ1n) is 8.44. The molecule has 0 radical (unpaired) electrons. The second-order valence-electron chi connectivity index (χ2n) is 6.46. The van der Waals surface area contributed by atoms with Gasteiger partial charge in [-0.25, -0.2) is 14.4 Å². The Morgan fingerprint density at radius 2 is 1.96 bits per heavy atom. The highest BCUT2D eigenvalue weighted by molar-refractivity contribution is 5.95. The summed E-state index contributed by atoms with van der Waals surface area (Å²) in [7, 11) is 5.67. The second kappa shape index (κ2) is 8.05. The molecule has 140 valence electrons. The number of carbonyl (C=O) groups is 1. The van der Waals surface area contributed by atoms with Crippen LogP contribution in [0.15, 0.2) is 49.3 Å². The first kappa shape index (κ1) is 18.7. The predicted octanol–water partition coefficient (Wildman–Crippen LogP) is 2.05. The van der Waals surface area contributed by atoms with Crippen molar-refractivity contribution in [3.8, 4) is 11.1 Å². The van der Waals surface area contributed by atoms with E-state index in [2.05, 4.69) is 20.4 Å². The largest absolute Gasteiger partial charge is 0.350 e. The highest BCUT2D eigenvalue weighted by Gasteiger charge is 2.19. The first-order chi connectivity index (χ1) is 13.0. The summed E-state index contributed by atoms with van der Waals surface area (Å²) in [5.41, 5.74) is 2.28. The van der Waals surface area contributed by atoms with Gasteiger partial charge in [0, 0.05) is 43.3 Å². The van der Waals surface area contributed by atoms with E-state index in [0.29, 0.717) is 17.7 Å². The Balaban J connectivity index is 1.72. The fraction of sp³-hybridized carbons (Fsp3) is 0.263. The monoisotopic (exact) mass is 368 g/mol. The Bertz CT molecular complexity index is 925. The van der Waals surface area contributed by atoms with Crippen molar-refractivity contribution >= 4 is 5.91 Å². The van der Waals surface area contributed by atoms with Crippen LogP contribution in [-0.2, 0) is 7.05 Å². The summed E-state index contributed by atoms with van der Waals surface area (Å²) in [6.45, 7) is 0.339. The summed E-state index contributed by atoms with van der Waals surface area (Å²) in [5.74, 6) is -1.05. The van der Waals surface area contributed by atoms with Crippen LogP contribution in [0.25, 0.3) is 11.1 Å². The van der Waals surface area contributed by atoms with E-state index < -0.39 is 11.7 Å². The van der Waals surface area contributed by atoms with Crippen LogP contribution in [0.4, 0.5) is 4.39 Å². The maximum Gasteiger partial charge on any atom is 0.254 e. The third-order valence-corrected chi connectivity index (χ3v) is 4.30. The molecule has 1 aromatic carbocycles. The van der Waals surface area contributed by atoms with Crippen molar-refractivity contribution < 1.29 is 9.18 Å². The van der Waals surface area contributed by atoms with Gasteiger partial charge in [-0.2, -0.15) is 5.10 Å². The lowest BCUT2D eigenvalue weighted by molar-refractivity contribution is 0.0938. The van der Waals surface area contributed by atoms with Gasteiger partial charge in [-0.1, -0.05) is 6.07 Å². The quantitative estimate of drug-likeness (QED) is 0.721. The number of aryl methyl sites for hydroxylation is 1. The van der Waals surface area contributed by atoms with Crippen molar-refractivity contribution in [3.63, 3.8) is 0 Å². The molecule has 7 nitrogen and oxygen atoms in total. The molecule has 0 saturated heterocycles. The highest BCUT2D eigenvalue weighted by Crippen LogP contribution is 2.21. The molecule has 0 aliphatic rings. The lowest BCUT2D eigenvalue weighted by atomic mass is 10.1. The molecule has 1 atom stereocenters. The molecule has 1 amide bonds. The number of hydrogen-bond donors (Lipinski definition) is 1. The van der Waals surface area contributed by atoms with Gasteiger partial charge in [-0.15, -0.1) is 0 Å². The highest BCUT2D eigenvalue weighted by atomic mass is 19.1. The maximum atomic E-state index is 14.5. The zero-order valence-electron chi connectivity index (χ0n) is 15.4. The number of nitrogens with one attached hydrogen (secondary N) is 1. The minimum atomic E-state index is -0.586. The first-order valence-corrected chi connectivity index (χ1v) is 8.44. The number of amides is 1. The van der Waals surface area contributed by atoms with Gasteiger partial charge in [0.15, 0.2) is 0 Å². The average molecular weight is 368 g/mol. The van der Waals surface area contributed by atoms with Crippen LogP contribution in [0.3, 0.4) is 0 Å². The fourth-order valence-corrected chi connectivity index (χ4v) is 2.82. The summed E-state index contributed by atoms with van der Waals surface area (Å²) in [5, 5.41) is 6.97. The number of hydrogen-bond acceptors (Lipinski definition) is 5. The van der Waals surface area contributed by atoms with Crippen LogP contribution >= 0.6 is 0 Å². The van der Waals surface area contributed by atoms with E-state index in [9.17, 15) is 9.18 Å². The molecule has 0 fully saturated rings. The molecule has 0 spiro atoms. The van der Waals surface area contributed by atoms with E-state index in [1.807, 2.05) is 32.2 Å². The Kier molecular flexibility index (Phi) is 5.56. The number of rotatable bonds is 6. The number of aromatic nitrogens is 4. The molecule has 0 aliphatic carbocycles. The number of likely N-dealkylation sites (N-methyl/N-ethyl adjacent to an activating group) is 1. The standard InChI is InChI=1S/C19H21FN6O/c1-25(2)18(15-9-24-26(3)11-15)10-23-19(27)16-5-4-13(6-17(16)20)14-7-21-12-22-8-14/h4-9,11-12,18H,10H2,1-3H3,(H,23,27). The van der Waals surface area contributed by atoms with E-state index in [1.165, 1.54) is 18.5 Å². The van der Waals surface area contributed by atoms with Crippen molar-refractivity contribution in [2.45, 2.75) is 6.04 Å². The molecular formula is C19H21FN6O. The molecule has 3 aromatic rings. The van der Waals surface area contributed by atoms with E-state index in [1.54, 1.807) is 29.3 Å². The van der Waals surface area contributed by atoms with Crippen molar-refractivity contribution in [1.29, 1.82) is 0 Å². The van der Waals surface area contributed by atoms with Crippen LogP contribution in [0.5, 0.6) is 0 Å². The molecule has 0 saturated carbocycles. The molecule has 0 bridgehead atoms. The van der Waals surface area contributed by atoms with Gasteiger partial charge in [-0.3, -0.25) is 9.48 Å². The van der Waals surface area contributed by atoms with Crippen LogP contribution in [0, 0.1) is 5.82 Å². The van der Waals surface area contributed by atoms with E-state index in [0.717, 1.165) is 5.56 Å². The van der Waals surface area contributed by atoms with Gasteiger partial charge >= 0.3 is 0 Å². The second-order valence-corrected chi connectivity index (χ2v) is 6.46. The molecule has 1 N–H and O–H groups in total. The van der Waals surface area contributed by atoms with Gasteiger partial charge in [-0.05, 0) is 31.8 Å².